The summed E-state index contributed by atoms with van der Waals surface area (Å²) in [5.41, 5.74) is 2.15. The molecule has 0 atom stereocenters. The number of nitrogens with zero attached hydrogens (tertiary/aromatic N) is 2. The highest BCUT2D eigenvalue weighted by molar-refractivity contribution is 9.10. The maximum absolute atomic E-state index is 12.6. The Morgan fingerprint density at radius 1 is 1.29 bits per heavy atom. The molecule has 1 heterocycles. The number of benzene rings is 1. The van der Waals surface area contributed by atoms with E-state index in [1.54, 1.807) is 25.6 Å². The molecule has 1 aromatic carbocycles. The molecule has 110 valence electrons. The van der Waals surface area contributed by atoms with Gasteiger partial charge in [-0.25, -0.2) is 9.97 Å². The molecule has 1 saturated carbocycles. The summed E-state index contributed by atoms with van der Waals surface area (Å²) >= 11 is 3.26. The second kappa shape index (κ2) is 5.54. The van der Waals surface area contributed by atoms with Crippen molar-refractivity contribution in [3.05, 3.63) is 40.8 Å². The highest BCUT2D eigenvalue weighted by Crippen LogP contribution is 2.44. The predicted octanol–water partition coefficient (Wildman–Crippen LogP) is 4.11. The van der Waals surface area contributed by atoms with E-state index < -0.39 is 7.14 Å². The smallest absolute Gasteiger partial charge is 0.198 e. The fraction of sp³-hybridized carbons (Fsp3) is 0.333. The minimum atomic E-state index is -2.36. The average Bonchev–Trinajstić information content (AvgIpc) is 3.22. The van der Waals surface area contributed by atoms with Crippen molar-refractivity contribution in [2.75, 3.05) is 18.6 Å². The molecule has 2 aromatic rings. The highest BCUT2D eigenvalue weighted by atomic mass is 79.9. The Bertz CT molecular complexity index is 725. The molecule has 0 unspecified atom stereocenters. The molecule has 0 saturated heterocycles. The molecule has 0 spiro atoms. The summed E-state index contributed by atoms with van der Waals surface area (Å²) in [5.74, 6) is 1.34. The summed E-state index contributed by atoms with van der Waals surface area (Å²) < 4.78 is 13.1. The van der Waals surface area contributed by atoms with Gasteiger partial charge in [-0.3, -0.25) is 0 Å². The Balaban J connectivity index is 1.99. The lowest BCUT2D eigenvalue weighted by molar-refractivity contribution is 0.588. The van der Waals surface area contributed by atoms with E-state index in [-0.39, 0.29) is 0 Å². The number of anilines is 2. The summed E-state index contributed by atoms with van der Waals surface area (Å²) in [6.07, 6.45) is 4.15. The minimum absolute atomic E-state index is 0.528. The molecule has 1 aromatic heterocycles. The summed E-state index contributed by atoms with van der Waals surface area (Å²) in [6.45, 7) is 3.61. The molecule has 21 heavy (non-hydrogen) atoms. The van der Waals surface area contributed by atoms with Crippen molar-refractivity contribution in [3.8, 4) is 0 Å². The largest absolute Gasteiger partial charge is 0.339 e. The van der Waals surface area contributed by atoms with Crippen LogP contribution in [0, 0.1) is 0 Å². The van der Waals surface area contributed by atoms with Crippen molar-refractivity contribution in [2.45, 2.75) is 18.8 Å². The zero-order chi connectivity index (χ0) is 15.0. The van der Waals surface area contributed by atoms with Crippen LogP contribution < -0.4 is 10.6 Å². The van der Waals surface area contributed by atoms with Crippen molar-refractivity contribution >= 4 is 39.9 Å². The third kappa shape index (κ3) is 3.53. The number of nitrogens with one attached hydrogen (secondary N) is 1. The van der Waals surface area contributed by atoms with Gasteiger partial charge in [0.15, 0.2) is 4.73 Å². The Morgan fingerprint density at radius 3 is 2.67 bits per heavy atom. The first-order valence-electron chi connectivity index (χ1n) is 6.88. The molecule has 0 amide bonds. The van der Waals surface area contributed by atoms with Crippen LogP contribution in [-0.4, -0.2) is 23.3 Å². The molecule has 3 rings (SSSR count). The summed E-state index contributed by atoms with van der Waals surface area (Å²) in [4.78, 5) is 8.28. The van der Waals surface area contributed by atoms with Gasteiger partial charge in [-0.1, -0.05) is 6.07 Å². The number of aromatic nitrogens is 2. The van der Waals surface area contributed by atoms with E-state index in [4.69, 9.17) is 0 Å². The minimum Gasteiger partial charge on any atom is -0.339 e. The van der Waals surface area contributed by atoms with Crippen molar-refractivity contribution in [1.29, 1.82) is 0 Å². The van der Waals surface area contributed by atoms with E-state index in [1.807, 2.05) is 6.07 Å². The first kappa shape index (κ1) is 14.7. The molecule has 0 aliphatic heterocycles. The molecule has 1 aliphatic rings. The van der Waals surface area contributed by atoms with E-state index in [0.717, 1.165) is 11.0 Å². The SMILES string of the molecule is CP(C)(=O)c1cc(C2CC2)ccc1Nc1ccnc(Br)n1. The molecule has 1 N–H and O–H groups in total. The molecule has 0 bridgehead atoms. The second-order valence-electron chi connectivity index (χ2n) is 5.74. The van der Waals surface area contributed by atoms with Gasteiger partial charge in [-0.05, 0) is 71.8 Å². The standard InChI is InChI=1S/C15H17BrN3OP/c1-21(2,20)13-9-11(10-3-4-10)5-6-12(13)18-14-7-8-17-15(16)19-14/h5-10H,3-4H2,1-2H3,(H,17,18,19). The van der Waals surface area contributed by atoms with Gasteiger partial charge in [0.2, 0.25) is 0 Å². The zero-order valence-corrected chi connectivity index (χ0v) is 14.5. The van der Waals surface area contributed by atoms with Gasteiger partial charge in [0.05, 0.1) is 5.69 Å². The molecular weight excluding hydrogens is 349 g/mol. The topological polar surface area (TPSA) is 54.9 Å². The van der Waals surface area contributed by atoms with Gasteiger partial charge in [-0.15, -0.1) is 0 Å². The van der Waals surface area contributed by atoms with E-state index in [0.29, 0.717) is 16.5 Å². The van der Waals surface area contributed by atoms with Gasteiger partial charge < -0.3 is 9.88 Å². The van der Waals surface area contributed by atoms with Gasteiger partial charge >= 0.3 is 0 Å². The normalized spacial score (nSPS) is 15.0. The monoisotopic (exact) mass is 365 g/mol. The number of rotatable bonds is 4. The first-order chi connectivity index (χ1) is 9.93. The highest BCUT2D eigenvalue weighted by Gasteiger charge is 2.26. The van der Waals surface area contributed by atoms with Crippen LogP contribution in [-0.2, 0) is 4.57 Å². The van der Waals surface area contributed by atoms with Crippen LogP contribution in [0.4, 0.5) is 11.5 Å². The van der Waals surface area contributed by atoms with Crippen LogP contribution in [0.2, 0.25) is 0 Å². The van der Waals surface area contributed by atoms with Crippen LogP contribution in [0.3, 0.4) is 0 Å². The molecule has 6 heteroatoms. The lowest BCUT2D eigenvalue weighted by Crippen LogP contribution is -2.11. The van der Waals surface area contributed by atoms with Gasteiger partial charge in [0, 0.05) is 11.5 Å². The van der Waals surface area contributed by atoms with E-state index in [9.17, 15) is 4.57 Å². The van der Waals surface area contributed by atoms with E-state index in [2.05, 4.69) is 43.3 Å². The molecule has 1 aliphatic carbocycles. The van der Waals surface area contributed by atoms with E-state index in [1.165, 1.54) is 18.4 Å². The predicted molar refractivity (Wildman–Crippen MR) is 90.5 cm³/mol. The molecule has 4 nitrogen and oxygen atoms in total. The van der Waals surface area contributed by atoms with Crippen LogP contribution in [0.25, 0.3) is 0 Å². The second-order valence-corrected chi connectivity index (χ2v) is 9.63. The molecular formula is C15H17BrN3OP. The Morgan fingerprint density at radius 2 is 2.05 bits per heavy atom. The Hall–Kier alpha value is -1.19. The number of halogens is 1. The lowest BCUT2D eigenvalue weighted by atomic mass is 10.1. The van der Waals surface area contributed by atoms with Crippen LogP contribution in [0.5, 0.6) is 0 Å². The molecule has 0 radical (unpaired) electrons. The number of hydrogen-bond donors (Lipinski definition) is 1. The Kier molecular flexibility index (Phi) is 3.89. The third-order valence-electron chi connectivity index (χ3n) is 3.54. The zero-order valence-electron chi connectivity index (χ0n) is 12.0. The van der Waals surface area contributed by atoms with Crippen LogP contribution in [0.1, 0.15) is 24.3 Å². The van der Waals surface area contributed by atoms with Gasteiger partial charge in [0.25, 0.3) is 0 Å². The summed E-state index contributed by atoms with van der Waals surface area (Å²) in [6, 6.07) is 8.02. The summed E-state index contributed by atoms with van der Waals surface area (Å²) in [7, 11) is -2.36. The van der Waals surface area contributed by atoms with E-state index >= 15 is 0 Å². The Labute approximate surface area is 132 Å². The van der Waals surface area contributed by atoms with Gasteiger partial charge in [0.1, 0.15) is 13.0 Å². The number of hydrogen-bond acceptors (Lipinski definition) is 4. The van der Waals surface area contributed by atoms with Crippen molar-refractivity contribution < 1.29 is 4.57 Å². The lowest BCUT2D eigenvalue weighted by Gasteiger charge is -2.16. The fourth-order valence-electron chi connectivity index (χ4n) is 2.31. The van der Waals surface area contributed by atoms with Crippen molar-refractivity contribution in [3.63, 3.8) is 0 Å². The van der Waals surface area contributed by atoms with Crippen LogP contribution in [0.15, 0.2) is 35.2 Å². The van der Waals surface area contributed by atoms with Crippen LogP contribution >= 0.6 is 23.1 Å². The maximum atomic E-state index is 12.6. The maximum Gasteiger partial charge on any atom is 0.198 e. The molecule has 1 fully saturated rings. The summed E-state index contributed by atoms with van der Waals surface area (Å²) in [5, 5.41) is 4.14. The average molecular weight is 366 g/mol. The van der Waals surface area contributed by atoms with Crippen molar-refractivity contribution in [2.24, 2.45) is 0 Å². The van der Waals surface area contributed by atoms with Crippen molar-refractivity contribution in [1.82, 2.24) is 9.97 Å². The quantitative estimate of drug-likeness (QED) is 0.654. The third-order valence-corrected chi connectivity index (χ3v) is 5.45. The fourth-order valence-corrected chi connectivity index (χ4v) is 3.79. The first-order valence-corrected chi connectivity index (χ1v) is 10.3. The van der Waals surface area contributed by atoms with Gasteiger partial charge in [-0.2, -0.15) is 0 Å².